The largest absolute Gasteiger partial charge is 0.490 e. The summed E-state index contributed by atoms with van der Waals surface area (Å²) in [5.74, 6) is 0.741. The summed E-state index contributed by atoms with van der Waals surface area (Å²) in [6, 6.07) is 9.29. The van der Waals surface area contributed by atoms with Gasteiger partial charge in [0.15, 0.2) is 0 Å². The maximum Gasteiger partial charge on any atom is 0.293 e. The topological polar surface area (TPSA) is 35.5 Å². The normalized spacial score (nSPS) is 11.8. The highest BCUT2D eigenvalue weighted by atomic mass is 16.6. The number of ether oxygens (including phenoxy) is 2. The molecule has 69 valence electrons. The third-order valence-corrected chi connectivity index (χ3v) is 1.43. The highest BCUT2D eigenvalue weighted by Gasteiger charge is 2.01. The zero-order chi connectivity index (χ0) is 9.52. The minimum Gasteiger partial charge on any atom is -0.490 e. The van der Waals surface area contributed by atoms with Crippen molar-refractivity contribution < 1.29 is 14.3 Å². The van der Waals surface area contributed by atoms with Crippen molar-refractivity contribution in [3.63, 3.8) is 0 Å². The molecule has 0 saturated carbocycles. The number of hydrogen-bond acceptors (Lipinski definition) is 3. The smallest absolute Gasteiger partial charge is 0.293 e. The van der Waals surface area contributed by atoms with Gasteiger partial charge in [-0.1, -0.05) is 18.2 Å². The Bertz CT molecular complexity index is 246. The van der Waals surface area contributed by atoms with Crippen LogP contribution in [0.5, 0.6) is 5.75 Å². The van der Waals surface area contributed by atoms with Gasteiger partial charge in [-0.3, -0.25) is 4.79 Å². The molecule has 0 saturated heterocycles. The van der Waals surface area contributed by atoms with Gasteiger partial charge in [0.05, 0.1) is 0 Å². The molecular weight excluding hydrogens is 168 g/mol. The van der Waals surface area contributed by atoms with Gasteiger partial charge in [0, 0.05) is 0 Å². The first-order valence-corrected chi connectivity index (χ1v) is 3.93. The van der Waals surface area contributed by atoms with E-state index in [-0.39, 0.29) is 6.61 Å². The molecule has 0 bridgehead atoms. The summed E-state index contributed by atoms with van der Waals surface area (Å²) in [6.07, 6.45) is -0.460. The van der Waals surface area contributed by atoms with E-state index in [9.17, 15) is 4.79 Å². The number of hydrogen-bond donors (Lipinski definition) is 0. The fourth-order valence-electron chi connectivity index (χ4n) is 0.824. The van der Waals surface area contributed by atoms with Gasteiger partial charge in [0.25, 0.3) is 6.47 Å². The maximum absolute atomic E-state index is 9.91. The summed E-state index contributed by atoms with van der Waals surface area (Å²) in [4.78, 5) is 9.91. The third-order valence-electron chi connectivity index (χ3n) is 1.43. The van der Waals surface area contributed by atoms with Crippen molar-refractivity contribution in [1.29, 1.82) is 0 Å². The molecule has 0 spiro atoms. The zero-order valence-electron chi connectivity index (χ0n) is 7.18. The van der Waals surface area contributed by atoms with E-state index in [1.807, 2.05) is 30.3 Å². The Kier molecular flexibility index (Phi) is 3.82. The van der Waals surface area contributed by atoms with E-state index >= 15 is 0 Å². The number of benzene rings is 1. The van der Waals surface area contributed by atoms with Gasteiger partial charge in [-0.15, -0.1) is 0 Å². The standard InChI is InChI=1S/C10H11O3/c1-9(13-8-11)7-12-10-5-3-2-4-6-10/h2-6,8-9H,1,7H2. The molecule has 1 aromatic rings. The number of carbonyl (C=O) groups is 1. The average molecular weight is 179 g/mol. The minimum atomic E-state index is -0.460. The second-order valence-corrected chi connectivity index (χ2v) is 2.48. The van der Waals surface area contributed by atoms with E-state index in [0.29, 0.717) is 6.47 Å². The van der Waals surface area contributed by atoms with Crippen LogP contribution in [0.25, 0.3) is 0 Å². The molecule has 0 aliphatic carbocycles. The van der Waals surface area contributed by atoms with Crippen LogP contribution in [0.2, 0.25) is 0 Å². The van der Waals surface area contributed by atoms with Crippen LogP contribution in [0.4, 0.5) is 0 Å². The summed E-state index contributed by atoms with van der Waals surface area (Å²) in [6.45, 7) is 4.20. The van der Waals surface area contributed by atoms with Crippen LogP contribution in [-0.4, -0.2) is 19.2 Å². The Labute approximate surface area is 77.3 Å². The van der Waals surface area contributed by atoms with Crippen LogP contribution in [0, 0.1) is 6.92 Å². The molecule has 3 nitrogen and oxygen atoms in total. The molecule has 1 atom stereocenters. The van der Waals surface area contributed by atoms with Crippen LogP contribution in [0.15, 0.2) is 30.3 Å². The lowest BCUT2D eigenvalue weighted by Gasteiger charge is -2.10. The van der Waals surface area contributed by atoms with Crippen molar-refractivity contribution in [1.82, 2.24) is 0 Å². The van der Waals surface area contributed by atoms with Gasteiger partial charge in [0.1, 0.15) is 18.5 Å². The van der Waals surface area contributed by atoms with E-state index in [1.54, 1.807) is 0 Å². The summed E-state index contributed by atoms with van der Waals surface area (Å²) < 4.78 is 9.82. The molecule has 0 amide bonds. The monoisotopic (exact) mass is 179 g/mol. The van der Waals surface area contributed by atoms with Crippen molar-refractivity contribution in [2.45, 2.75) is 6.10 Å². The van der Waals surface area contributed by atoms with Gasteiger partial charge in [-0.25, -0.2) is 0 Å². The van der Waals surface area contributed by atoms with E-state index in [2.05, 4.69) is 11.7 Å². The molecule has 3 heteroatoms. The second kappa shape index (κ2) is 5.19. The van der Waals surface area contributed by atoms with Crippen molar-refractivity contribution in [3.05, 3.63) is 37.3 Å². The van der Waals surface area contributed by atoms with E-state index in [1.165, 1.54) is 0 Å². The molecule has 0 fully saturated rings. The van der Waals surface area contributed by atoms with E-state index in [0.717, 1.165) is 5.75 Å². The Morgan fingerprint density at radius 3 is 2.69 bits per heavy atom. The quantitative estimate of drug-likeness (QED) is 0.641. The number of rotatable bonds is 5. The molecule has 0 N–H and O–H groups in total. The maximum atomic E-state index is 9.91. The molecule has 1 aromatic carbocycles. The highest BCUT2D eigenvalue weighted by Crippen LogP contribution is 2.08. The van der Waals surface area contributed by atoms with Gasteiger partial charge in [0.2, 0.25) is 0 Å². The molecule has 1 rings (SSSR count). The molecule has 0 aliphatic heterocycles. The Morgan fingerprint density at radius 2 is 2.08 bits per heavy atom. The summed E-state index contributed by atoms with van der Waals surface area (Å²) in [7, 11) is 0. The molecule has 1 unspecified atom stereocenters. The van der Waals surface area contributed by atoms with Crippen LogP contribution < -0.4 is 4.74 Å². The zero-order valence-corrected chi connectivity index (χ0v) is 7.18. The molecule has 1 radical (unpaired) electrons. The van der Waals surface area contributed by atoms with E-state index in [4.69, 9.17) is 4.74 Å². The lowest BCUT2D eigenvalue weighted by atomic mass is 10.3. The number of para-hydroxylation sites is 1. The first-order chi connectivity index (χ1) is 6.33. The van der Waals surface area contributed by atoms with Crippen molar-refractivity contribution >= 4 is 6.47 Å². The Balaban J connectivity index is 2.30. The van der Waals surface area contributed by atoms with Crippen LogP contribution in [-0.2, 0) is 9.53 Å². The van der Waals surface area contributed by atoms with E-state index < -0.39 is 6.10 Å². The van der Waals surface area contributed by atoms with Gasteiger partial charge in [-0.2, -0.15) is 0 Å². The lowest BCUT2D eigenvalue weighted by Crippen LogP contribution is -2.17. The SMILES string of the molecule is [CH2]C(COc1ccccc1)OC=O. The third kappa shape index (κ3) is 3.60. The molecule has 0 aliphatic rings. The van der Waals surface area contributed by atoms with Crippen molar-refractivity contribution in [2.75, 3.05) is 6.61 Å². The average Bonchev–Trinajstić information content (AvgIpc) is 2.17. The minimum absolute atomic E-state index is 0.267. The van der Waals surface area contributed by atoms with Crippen molar-refractivity contribution in [3.8, 4) is 5.75 Å². The Morgan fingerprint density at radius 1 is 1.38 bits per heavy atom. The first-order valence-electron chi connectivity index (χ1n) is 3.93. The lowest BCUT2D eigenvalue weighted by molar-refractivity contribution is -0.132. The van der Waals surface area contributed by atoms with Gasteiger partial charge in [-0.05, 0) is 19.1 Å². The fourth-order valence-corrected chi connectivity index (χ4v) is 0.824. The van der Waals surface area contributed by atoms with Crippen LogP contribution >= 0.6 is 0 Å². The van der Waals surface area contributed by atoms with Crippen LogP contribution in [0.3, 0.4) is 0 Å². The number of carbonyl (C=O) groups excluding carboxylic acids is 1. The summed E-state index contributed by atoms with van der Waals surface area (Å²) >= 11 is 0. The predicted octanol–water partition coefficient (Wildman–Crippen LogP) is 1.44. The van der Waals surface area contributed by atoms with Crippen molar-refractivity contribution in [2.24, 2.45) is 0 Å². The summed E-state index contributed by atoms with van der Waals surface area (Å²) in [5.41, 5.74) is 0. The Hall–Kier alpha value is -1.51. The summed E-state index contributed by atoms with van der Waals surface area (Å²) in [5, 5.41) is 0. The van der Waals surface area contributed by atoms with Crippen LogP contribution in [0.1, 0.15) is 0 Å². The molecule has 13 heavy (non-hydrogen) atoms. The second-order valence-electron chi connectivity index (χ2n) is 2.48. The van der Waals surface area contributed by atoms with Gasteiger partial charge >= 0.3 is 0 Å². The molecular formula is C10H11O3. The first kappa shape index (κ1) is 9.58. The van der Waals surface area contributed by atoms with Gasteiger partial charge < -0.3 is 9.47 Å². The highest BCUT2D eigenvalue weighted by molar-refractivity contribution is 5.37. The predicted molar refractivity (Wildman–Crippen MR) is 48.2 cm³/mol. The molecule has 0 aromatic heterocycles. The fraction of sp³-hybridized carbons (Fsp3) is 0.200. The molecule has 0 heterocycles.